The fourth-order valence-corrected chi connectivity index (χ4v) is 3.29. The number of phenolic OH excluding ortho intramolecular Hbond substituents is 1. The van der Waals surface area contributed by atoms with Crippen molar-refractivity contribution in [2.75, 3.05) is 5.32 Å². The summed E-state index contributed by atoms with van der Waals surface area (Å²) in [4.78, 5) is 23.8. The van der Waals surface area contributed by atoms with Crippen LogP contribution in [-0.4, -0.2) is 16.3 Å². The number of aryl methyl sites for hydroxylation is 1. The van der Waals surface area contributed by atoms with Gasteiger partial charge in [-0.1, -0.05) is 44.2 Å². The van der Waals surface area contributed by atoms with Crippen molar-refractivity contribution in [3.05, 3.63) is 94.5 Å². The summed E-state index contributed by atoms with van der Waals surface area (Å²) in [7, 11) is 0. The lowest BCUT2D eigenvalue weighted by molar-refractivity contribution is 0.102. The SMILES string of the molecule is Cc1cc(C(C)(C)c2ccc(C(=O)Nc3cccc(C(=O)Cl)c3)cc2)ccc1O. The molecule has 5 heteroatoms. The van der Waals surface area contributed by atoms with Crippen LogP contribution in [0.25, 0.3) is 0 Å². The second-order valence-electron chi connectivity index (χ2n) is 7.51. The Balaban J connectivity index is 1.80. The third kappa shape index (κ3) is 4.49. The Labute approximate surface area is 175 Å². The number of phenols is 1. The molecule has 1 amide bonds. The van der Waals surface area contributed by atoms with Gasteiger partial charge < -0.3 is 10.4 Å². The molecule has 0 saturated heterocycles. The second kappa shape index (κ2) is 8.10. The molecule has 148 valence electrons. The Morgan fingerprint density at radius 1 is 0.897 bits per heavy atom. The number of halogens is 1. The molecular weight excluding hydrogens is 386 g/mol. The van der Waals surface area contributed by atoms with E-state index < -0.39 is 5.24 Å². The highest BCUT2D eigenvalue weighted by Crippen LogP contribution is 2.33. The summed E-state index contributed by atoms with van der Waals surface area (Å²) in [5.41, 5.74) is 4.00. The van der Waals surface area contributed by atoms with E-state index in [9.17, 15) is 14.7 Å². The van der Waals surface area contributed by atoms with Gasteiger partial charge in [-0.15, -0.1) is 0 Å². The van der Waals surface area contributed by atoms with Crippen molar-refractivity contribution >= 4 is 28.4 Å². The minimum Gasteiger partial charge on any atom is -0.508 e. The van der Waals surface area contributed by atoms with Crippen molar-refractivity contribution in [3.63, 3.8) is 0 Å². The highest BCUT2D eigenvalue weighted by molar-refractivity contribution is 6.67. The Bertz CT molecular complexity index is 1070. The van der Waals surface area contributed by atoms with E-state index in [1.807, 2.05) is 31.2 Å². The first-order valence-corrected chi connectivity index (χ1v) is 9.58. The number of anilines is 1. The first-order chi connectivity index (χ1) is 13.7. The van der Waals surface area contributed by atoms with Crippen LogP contribution in [0.3, 0.4) is 0 Å². The summed E-state index contributed by atoms with van der Waals surface area (Å²) in [6, 6.07) is 19.5. The standard InChI is InChI=1S/C24H22ClNO3/c1-15-13-19(11-12-21(15)27)24(2,3)18-9-7-16(8-10-18)23(29)26-20-6-4-5-17(14-20)22(25)28/h4-14,27H,1-3H3,(H,26,29). The smallest absolute Gasteiger partial charge is 0.255 e. The minimum atomic E-state index is -0.572. The van der Waals surface area contributed by atoms with E-state index in [-0.39, 0.29) is 17.1 Å². The first kappa shape index (κ1) is 20.6. The summed E-state index contributed by atoms with van der Waals surface area (Å²) in [6.07, 6.45) is 0. The molecule has 0 aliphatic carbocycles. The van der Waals surface area contributed by atoms with Crippen molar-refractivity contribution in [2.45, 2.75) is 26.2 Å². The first-order valence-electron chi connectivity index (χ1n) is 9.20. The second-order valence-corrected chi connectivity index (χ2v) is 7.86. The van der Waals surface area contributed by atoms with E-state index in [2.05, 4.69) is 19.2 Å². The van der Waals surface area contributed by atoms with Crippen LogP contribution in [-0.2, 0) is 5.41 Å². The van der Waals surface area contributed by atoms with E-state index in [0.717, 1.165) is 16.7 Å². The van der Waals surface area contributed by atoms with Gasteiger partial charge in [-0.05, 0) is 71.6 Å². The minimum absolute atomic E-state index is 0.269. The molecule has 0 aliphatic rings. The molecule has 0 radical (unpaired) electrons. The predicted octanol–water partition coefficient (Wildman–Crippen LogP) is 5.66. The number of carbonyl (C=O) groups excluding carboxylic acids is 2. The van der Waals surface area contributed by atoms with Crippen molar-refractivity contribution < 1.29 is 14.7 Å². The number of aromatic hydroxyl groups is 1. The topological polar surface area (TPSA) is 66.4 Å². The quantitative estimate of drug-likeness (QED) is 0.536. The third-order valence-electron chi connectivity index (χ3n) is 5.13. The van der Waals surface area contributed by atoms with Crippen molar-refractivity contribution in [3.8, 4) is 5.75 Å². The van der Waals surface area contributed by atoms with Gasteiger partial charge in [0.1, 0.15) is 5.75 Å². The van der Waals surface area contributed by atoms with Gasteiger partial charge in [-0.25, -0.2) is 0 Å². The summed E-state index contributed by atoms with van der Waals surface area (Å²) in [5.74, 6) is 0.00510. The largest absolute Gasteiger partial charge is 0.508 e. The van der Waals surface area contributed by atoms with Crippen molar-refractivity contribution in [2.24, 2.45) is 0 Å². The van der Waals surface area contributed by atoms with Crippen LogP contribution in [0.1, 0.15) is 51.3 Å². The number of hydrogen-bond acceptors (Lipinski definition) is 3. The van der Waals surface area contributed by atoms with Crippen LogP contribution in [0.2, 0.25) is 0 Å². The lowest BCUT2D eigenvalue weighted by atomic mass is 9.77. The van der Waals surface area contributed by atoms with Gasteiger partial charge in [0.05, 0.1) is 0 Å². The molecule has 29 heavy (non-hydrogen) atoms. The molecule has 0 saturated carbocycles. The third-order valence-corrected chi connectivity index (χ3v) is 5.35. The van der Waals surface area contributed by atoms with Crippen LogP contribution in [0.4, 0.5) is 5.69 Å². The molecular formula is C24H22ClNO3. The van der Waals surface area contributed by atoms with Gasteiger partial charge in [0.15, 0.2) is 0 Å². The molecule has 4 nitrogen and oxygen atoms in total. The van der Waals surface area contributed by atoms with Crippen molar-refractivity contribution in [1.29, 1.82) is 0 Å². The number of benzene rings is 3. The molecule has 0 spiro atoms. The molecule has 0 bridgehead atoms. The van der Waals surface area contributed by atoms with Gasteiger partial charge in [0.25, 0.3) is 11.1 Å². The average Bonchev–Trinajstić information content (AvgIpc) is 2.70. The van der Waals surface area contributed by atoms with Crippen LogP contribution >= 0.6 is 11.6 Å². The number of rotatable bonds is 5. The van der Waals surface area contributed by atoms with E-state index >= 15 is 0 Å². The Morgan fingerprint density at radius 2 is 1.55 bits per heavy atom. The fourth-order valence-electron chi connectivity index (χ4n) is 3.17. The maximum absolute atomic E-state index is 12.6. The molecule has 3 rings (SSSR count). The number of hydrogen-bond donors (Lipinski definition) is 2. The Hall–Kier alpha value is -3.11. The van der Waals surface area contributed by atoms with Gasteiger partial charge in [0, 0.05) is 22.2 Å². The Morgan fingerprint density at radius 3 is 2.17 bits per heavy atom. The summed E-state index contributed by atoms with van der Waals surface area (Å²) in [5, 5.41) is 12.0. The van der Waals surface area contributed by atoms with Crippen LogP contribution < -0.4 is 5.32 Å². The highest BCUT2D eigenvalue weighted by Gasteiger charge is 2.24. The van der Waals surface area contributed by atoms with Gasteiger partial charge in [0.2, 0.25) is 0 Å². The Kier molecular flexibility index (Phi) is 5.76. The summed E-state index contributed by atoms with van der Waals surface area (Å²) >= 11 is 5.49. The van der Waals surface area contributed by atoms with E-state index in [1.54, 1.807) is 36.4 Å². The zero-order chi connectivity index (χ0) is 21.2. The number of amides is 1. The summed E-state index contributed by atoms with van der Waals surface area (Å²) < 4.78 is 0. The van der Waals surface area contributed by atoms with Crippen LogP contribution in [0, 0.1) is 6.92 Å². The number of nitrogens with one attached hydrogen (secondary N) is 1. The molecule has 0 fully saturated rings. The monoisotopic (exact) mass is 407 g/mol. The zero-order valence-corrected chi connectivity index (χ0v) is 17.2. The average molecular weight is 408 g/mol. The van der Waals surface area contributed by atoms with Gasteiger partial charge in [-0.2, -0.15) is 0 Å². The predicted molar refractivity (Wildman–Crippen MR) is 116 cm³/mol. The molecule has 3 aromatic carbocycles. The molecule has 0 heterocycles. The lowest BCUT2D eigenvalue weighted by Gasteiger charge is -2.27. The molecule has 0 aromatic heterocycles. The van der Waals surface area contributed by atoms with E-state index in [1.165, 1.54) is 6.07 Å². The van der Waals surface area contributed by atoms with Gasteiger partial charge >= 0.3 is 0 Å². The zero-order valence-electron chi connectivity index (χ0n) is 16.5. The molecule has 0 unspecified atom stereocenters. The van der Waals surface area contributed by atoms with E-state index in [0.29, 0.717) is 16.8 Å². The maximum atomic E-state index is 12.6. The van der Waals surface area contributed by atoms with Crippen molar-refractivity contribution in [1.82, 2.24) is 0 Å². The molecule has 3 aromatic rings. The molecule has 0 aliphatic heterocycles. The lowest BCUT2D eigenvalue weighted by Crippen LogP contribution is -2.19. The fraction of sp³-hybridized carbons (Fsp3) is 0.167. The highest BCUT2D eigenvalue weighted by atomic mass is 35.5. The molecule has 2 N–H and O–H groups in total. The normalized spacial score (nSPS) is 11.2. The van der Waals surface area contributed by atoms with Crippen LogP contribution in [0.5, 0.6) is 5.75 Å². The van der Waals surface area contributed by atoms with Gasteiger partial charge in [-0.3, -0.25) is 9.59 Å². The maximum Gasteiger partial charge on any atom is 0.255 e. The molecule has 0 atom stereocenters. The number of carbonyl (C=O) groups is 2. The van der Waals surface area contributed by atoms with Crippen LogP contribution in [0.15, 0.2) is 66.7 Å². The van der Waals surface area contributed by atoms with E-state index in [4.69, 9.17) is 11.6 Å². The summed E-state index contributed by atoms with van der Waals surface area (Å²) in [6.45, 7) is 6.07.